The number of anilines is 1. The van der Waals surface area contributed by atoms with E-state index in [1.165, 1.54) is 11.0 Å². The summed E-state index contributed by atoms with van der Waals surface area (Å²) in [6, 6.07) is 8.20. The van der Waals surface area contributed by atoms with E-state index < -0.39 is 0 Å². The lowest BCUT2D eigenvalue weighted by atomic mass is 10.2. The fourth-order valence-electron chi connectivity index (χ4n) is 2.42. The lowest BCUT2D eigenvalue weighted by Crippen LogP contribution is -2.36. The second kappa shape index (κ2) is 7.35. The molecule has 1 fully saturated rings. The van der Waals surface area contributed by atoms with E-state index in [4.69, 9.17) is 16.6 Å². The fraction of sp³-hybridized carbons (Fsp3) is 0.167. The zero-order valence-corrected chi connectivity index (χ0v) is 15.7. The summed E-state index contributed by atoms with van der Waals surface area (Å²) in [6.45, 7) is 3.40. The van der Waals surface area contributed by atoms with Gasteiger partial charge < -0.3 is 14.8 Å². The molecule has 1 aliphatic heterocycles. The average Bonchev–Trinajstić information content (AvgIpc) is 3.09. The number of phenols is 1. The van der Waals surface area contributed by atoms with E-state index in [0.717, 1.165) is 23.1 Å². The molecule has 0 saturated carbocycles. The first-order valence-corrected chi connectivity index (χ1v) is 8.97. The first-order valence-electron chi connectivity index (χ1n) is 7.75. The molecule has 6 nitrogen and oxygen atoms in total. The molecular formula is C18H16N2O4S2. The van der Waals surface area contributed by atoms with E-state index in [2.05, 4.69) is 5.32 Å². The van der Waals surface area contributed by atoms with Crippen LogP contribution in [0.4, 0.5) is 5.69 Å². The minimum Gasteiger partial charge on any atom is -0.508 e. The van der Waals surface area contributed by atoms with Crippen molar-refractivity contribution >= 4 is 51.9 Å². The minimum atomic E-state index is -0.370. The molecule has 26 heavy (non-hydrogen) atoms. The van der Waals surface area contributed by atoms with E-state index >= 15 is 0 Å². The fourth-order valence-corrected chi connectivity index (χ4v) is 3.65. The van der Waals surface area contributed by atoms with Crippen LogP contribution in [0.25, 0.3) is 6.08 Å². The Kier molecular flexibility index (Phi) is 5.15. The third kappa shape index (κ3) is 3.97. The Morgan fingerprint density at radius 1 is 1.35 bits per heavy atom. The molecule has 0 bridgehead atoms. The Labute approximate surface area is 159 Å². The maximum atomic E-state index is 12.5. The molecule has 0 unspecified atom stereocenters. The smallest absolute Gasteiger partial charge is 0.266 e. The largest absolute Gasteiger partial charge is 0.508 e. The van der Waals surface area contributed by atoms with Gasteiger partial charge in [0.2, 0.25) is 5.91 Å². The van der Waals surface area contributed by atoms with Crippen LogP contribution in [0, 0.1) is 13.8 Å². The molecule has 0 atom stereocenters. The van der Waals surface area contributed by atoms with Gasteiger partial charge in [-0.05, 0) is 49.7 Å². The first kappa shape index (κ1) is 18.2. The molecule has 2 N–H and O–H groups in total. The second-order valence-corrected chi connectivity index (χ2v) is 7.44. The van der Waals surface area contributed by atoms with E-state index in [1.54, 1.807) is 37.3 Å². The van der Waals surface area contributed by atoms with Crippen molar-refractivity contribution in [2.24, 2.45) is 0 Å². The topological polar surface area (TPSA) is 82.8 Å². The predicted molar refractivity (Wildman–Crippen MR) is 105 cm³/mol. The average molecular weight is 388 g/mol. The van der Waals surface area contributed by atoms with Crippen LogP contribution in [-0.4, -0.2) is 32.7 Å². The predicted octanol–water partition coefficient (Wildman–Crippen LogP) is 3.44. The summed E-state index contributed by atoms with van der Waals surface area (Å²) >= 11 is 6.36. The van der Waals surface area contributed by atoms with Crippen molar-refractivity contribution < 1.29 is 19.1 Å². The van der Waals surface area contributed by atoms with Gasteiger partial charge in [-0.1, -0.05) is 24.0 Å². The van der Waals surface area contributed by atoms with Gasteiger partial charge in [-0.25, -0.2) is 0 Å². The van der Waals surface area contributed by atoms with Gasteiger partial charge >= 0.3 is 0 Å². The number of thioether (sulfide) groups is 1. The summed E-state index contributed by atoms with van der Waals surface area (Å²) in [7, 11) is 0. The summed E-state index contributed by atoms with van der Waals surface area (Å²) < 4.78 is 5.77. The van der Waals surface area contributed by atoms with Gasteiger partial charge in [0.25, 0.3) is 5.91 Å². The Morgan fingerprint density at radius 3 is 2.77 bits per heavy atom. The molecule has 0 radical (unpaired) electrons. The molecule has 0 spiro atoms. The molecule has 0 aliphatic carbocycles. The van der Waals surface area contributed by atoms with Gasteiger partial charge in [-0.3, -0.25) is 14.5 Å². The molecule has 134 valence electrons. The van der Waals surface area contributed by atoms with E-state index in [0.29, 0.717) is 20.7 Å². The van der Waals surface area contributed by atoms with Crippen LogP contribution in [0.1, 0.15) is 17.1 Å². The number of carbonyl (C=O) groups excluding carboxylic acids is 2. The standard InChI is InChI=1S/C18H16N2O4S2/c1-10-7-12(21)4-6-14(10)19-16(22)9-20-17(23)15(26-18(20)25)8-13-5-3-11(2)24-13/h3-8,21H,9H2,1-2H3,(H,19,22)/b15-8-. The highest BCUT2D eigenvalue weighted by Crippen LogP contribution is 2.32. The maximum Gasteiger partial charge on any atom is 0.266 e. The van der Waals surface area contributed by atoms with Crippen LogP contribution in [0.3, 0.4) is 0 Å². The Bertz CT molecular complexity index is 933. The first-order chi connectivity index (χ1) is 12.3. The van der Waals surface area contributed by atoms with Crippen molar-refractivity contribution in [3.63, 3.8) is 0 Å². The molecule has 8 heteroatoms. The molecule has 2 aromatic rings. The number of hydrogen-bond donors (Lipinski definition) is 2. The summed E-state index contributed by atoms with van der Waals surface area (Å²) in [5, 5.41) is 12.1. The van der Waals surface area contributed by atoms with Crippen molar-refractivity contribution in [3.05, 3.63) is 52.3 Å². The zero-order valence-electron chi connectivity index (χ0n) is 14.1. The van der Waals surface area contributed by atoms with Crippen LogP contribution in [0.5, 0.6) is 5.75 Å². The Hall–Kier alpha value is -2.58. The summed E-state index contributed by atoms with van der Waals surface area (Å²) in [6.07, 6.45) is 1.62. The number of aryl methyl sites for hydroxylation is 2. The van der Waals surface area contributed by atoms with Crippen molar-refractivity contribution in [1.82, 2.24) is 4.90 Å². The summed E-state index contributed by atoms with van der Waals surface area (Å²) in [4.78, 5) is 26.5. The molecule has 1 aromatic heterocycles. The molecule has 1 saturated heterocycles. The Morgan fingerprint density at radius 2 is 2.12 bits per heavy atom. The zero-order chi connectivity index (χ0) is 18.8. The summed E-state index contributed by atoms with van der Waals surface area (Å²) in [5.74, 6) is 0.732. The number of aromatic hydroxyl groups is 1. The van der Waals surface area contributed by atoms with Crippen molar-refractivity contribution in [2.45, 2.75) is 13.8 Å². The number of nitrogens with zero attached hydrogens (tertiary/aromatic N) is 1. The number of thiocarbonyl (C=S) groups is 1. The molecule has 2 heterocycles. The van der Waals surface area contributed by atoms with Gasteiger partial charge in [0, 0.05) is 11.8 Å². The van der Waals surface area contributed by atoms with Crippen molar-refractivity contribution in [1.29, 1.82) is 0 Å². The third-order valence-electron chi connectivity index (χ3n) is 3.69. The van der Waals surface area contributed by atoms with Crippen molar-refractivity contribution in [2.75, 3.05) is 11.9 Å². The summed E-state index contributed by atoms with van der Waals surface area (Å²) in [5.41, 5.74) is 1.29. The highest BCUT2D eigenvalue weighted by molar-refractivity contribution is 8.26. The lowest BCUT2D eigenvalue weighted by molar-refractivity contribution is -0.126. The number of hydrogen-bond acceptors (Lipinski definition) is 6. The van der Waals surface area contributed by atoms with Gasteiger partial charge in [-0.2, -0.15) is 0 Å². The SMILES string of the molecule is Cc1ccc(/C=C2\SC(=S)N(CC(=O)Nc3ccc(O)cc3C)C2=O)o1. The molecule has 1 aromatic carbocycles. The normalized spacial score (nSPS) is 15.8. The van der Waals surface area contributed by atoms with Crippen LogP contribution in [-0.2, 0) is 9.59 Å². The van der Waals surface area contributed by atoms with Gasteiger partial charge in [0.1, 0.15) is 28.1 Å². The van der Waals surface area contributed by atoms with Gasteiger partial charge in [0.15, 0.2) is 0 Å². The number of rotatable bonds is 4. The quantitative estimate of drug-likeness (QED) is 0.474. The van der Waals surface area contributed by atoms with Gasteiger partial charge in [-0.15, -0.1) is 0 Å². The number of phenolic OH excluding ortho intramolecular Hbond substituents is 1. The minimum absolute atomic E-state index is 0.121. The number of nitrogens with one attached hydrogen (secondary N) is 1. The number of amides is 2. The van der Waals surface area contributed by atoms with Gasteiger partial charge in [0.05, 0.1) is 4.91 Å². The van der Waals surface area contributed by atoms with Crippen LogP contribution < -0.4 is 5.32 Å². The number of furan rings is 1. The second-order valence-electron chi connectivity index (χ2n) is 5.76. The molecule has 2 amide bonds. The Balaban J connectivity index is 1.69. The molecular weight excluding hydrogens is 372 g/mol. The number of carbonyl (C=O) groups is 2. The highest BCUT2D eigenvalue weighted by atomic mass is 32.2. The monoisotopic (exact) mass is 388 g/mol. The van der Waals surface area contributed by atoms with Crippen LogP contribution >= 0.6 is 24.0 Å². The third-order valence-corrected chi connectivity index (χ3v) is 5.07. The van der Waals surface area contributed by atoms with Crippen LogP contribution in [0.2, 0.25) is 0 Å². The van der Waals surface area contributed by atoms with E-state index in [9.17, 15) is 14.7 Å². The molecule has 1 aliphatic rings. The maximum absolute atomic E-state index is 12.5. The lowest BCUT2D eigenvalue weighted by Gasteiger charge is -2.15. The van der Waals surface area contributed by atoms with E-state index in [1.807, 2.05) is 6.92 Å². The van der Waals surface area contributed by atoms with Crippen LogP contribution in [0.15, 0.2) is 39.7 Å². The highest BCUT2D eigenvalue weighted by Gasteiger charge is 2.33. The van der Waals surface area contributed by atoms with Crippen molar-refractivity contribution in [3.8, 4) is 5.75 Å². The van der Waals surface area contributed by atoms with E-state index in [-0.39, 0.29) is 24.1 Å². The number of benzene rings is 1. The molecule has 3 rings (SSSR count).